The third-order valence-electron chi connectivity index (χ3n) is 3.15. The molecule has 20 heavy (non-hydrogen) atoms. The third kappa shape index (κ3) is 3.81. The van der Waals surface area contributed by atoms with Gasteiger partial charge in [-0.2, -0.15) is 0 Å². The van der Waals surface area contributed by atoms with Gasteiger partial charge in [0.25, 0.3) is 0 Å². The number of benzene rings is 2. The zero-order valence-corrected chi connectivity index (χ0v) is 13.5. The molecule has 2 aromatic rings. The van der Waals surface area contributed by atoms with E-state index in [1.54, 1.807) is 6.07 Å². The molecule has 4 heteroatoms. The summed E-state index contributed by atoms with van der Waals surface area (Å²) in [4.78, 5) is 0. The molecule has 0 saturated carbocycles. The highest BCUT2D eigenvalue weighted by molar-refractivity contribution is 9.10. The average Bonchev–Trinajstić information content (AvgIpc) is 2.41. The zero-order chi connectivity index (χ0) is 14.5. The Bertz CT molecular complexity index is 551. The van der Waals surface area contributed by atoms with Crippen molar-refractivity contribution in [2.24, 2.45) is 0 Å². The van der Waals surface area contributed by atoms with E-state index in [9.17, 15) is 4.39 Å². The molecule has 0 aliphatic rings. The van der Waals surface area contributed by atoms with E-state index in [0.717, 1.165) is 16.6 Å². The minimum Gasteiger partial charge on any atom is -0.310 e. The minimum absolute atomic E-state index is 0.0725. The Balaban J connectivity index is 2.29. The second-order valence-electron chi connectivity index (χ2n) is 4.58. The number of likely N-dealkylation sites (N-methyl/N-ethyl adjacent to an activating group) is 1. The molecule has 0 fully saturated rings. The van der Waals surface area contributed by atoms with E-state index < -0.39 is 0 Å². The van der Waals surface area contributed by atoms with Crippen molar-refractivity contribution in [3.63, 3.8) is 0 Å². The highest BCUT2D eigenvalue weighted by Crippen LogP contribution is 2.29. The standard InChI is InChI=1S/C16H16BrClFN/c1-2-20-15(10-11-6-8-12(18)9-7-11)16-13(17)4-3-5-14(16)19/h3-9,15,20H,2,10H2,1H3. The maximum atomic E-state index is 14.1. The number of hydrogen-bond acceptors (Lipinski definition) is 1. The minimum atomic E-state index is -0.195. The summed E-state index contributed by atoms with van der Waals surface area (Å²) >= 11 is 9.34. The quantitative estimate of drug-likeness (QED) is 0.782. The van der Waals surface area contributed by atoms with Crippen molar-refractivity contribution in [2.75, 3.05) is 6.54 Å². The van der Waals surface area contributed by atoms with E-state index in [1.807, 2.05) is 37.3 Å². The van der Waals surface area contributed by atoms with Crippen molar-refractivity contribution < 1.29 is 4.39 Å². The Morgan fingerprint density at radius 2 is 1.90 bits per heavy atom. The van der Waals surface area contributed by atoms with Crippen molar-refractivity contribution >= 4 is 27.5 Å². The molecule has 1 nitrogen and oxygen atoms in total. The topological polar surface area (TPSA) is 12.0 Å². The molecule has 2 rings (SSSR count). The van der Waals surface area contributed by atoms with E-state index in [0.29, 0.717) is 17.0 Å². The van der Waals surface area contributed by atoms with E-state index in [2.05, 4.69) is 21.2 Å². The predicted octanol–water partition coefficient (Wildman–Crippen LogP) is 5.13. The third-order valence-corrected chi connectivity index (χ3v) is 4.10. The summed E-state index contributed by atoms with van der Waals surface area (Å²) < 4.78 is 14.9. The van der Waals surface area contributed by atoms with Crippen LogP contribution in [0.1, 0.15) is 24.1 Å². The van der Waals surface area contributed by atoms with Crippen LogP contribution in [0.3, 0.4) is 0 Å². The molecular formula is C16H16BrClFN. The van der Waals surface area contributed by atoms with Crippen molar-refractivity contribution in [2.45, 2.75) is 19.4 Å². The Kier molecular flexibility index (Phi) is 5.58. The summed E-state index contributed by atoms with van der Waals surface area (Å²) in [5, 5.41) is 4.05. The largest absolute Gasteiger partial charge is 0.310 e. The molecule has 0 radical (unpaired) electrons. The van der Waals surface area contributed by atoms with Gasteiger partial charge in [0.2, 0.25) is 0 Å². The lowest BCUT2D eigenvalue weighted by atomic mass is 9.98. The monoisotopic (exact) mass is 355 g/mol. The van der Waals surface area contributed by atoms with Gasteiger partial charge in [0.05, 0.1) is 0 Å². The van der Waals surface area contributed by atoms with Gasteiger partial charge >= 0.3 is 0 Å². The molecule has 0 amide bonds. The van der Waals surface area contributed by atoms with E-state index in [1.165, 1.54) is 6.07 Å². The number of nitrogens with one attached hydrogen (secondary N) is 1. The highest BCUT2D eigenvalue weighted by atomic mass is 79.9. The van der Waals surface area contributed by atoms with Gasteiger partial charge in [-0.1, -0.05) is 52.7 Å². The van der Waals surface area contributed by atoms with Crippen LogP contribution in [0, 0.1) is 5.82 Å². The predicted molar refractivity (Wildman–Crippen MR) is 85.7 cm³/mol. The zero-order valence-electron chi connectivity index (χ0n) is 11.2. The summed E-state index contributed by atoms with van der Waals surface area (Å²) in [5.41, 5.74) is 1.79. The SMILES string of the molecule is CCNC(Cc1ccc(Cl)cc1)c1c(F)cccc1Br. The molecule has 0 aromatic heterocycles. The van der Waals surface area contributed by atoms with Crippen LogP contribution in [-0.2, 0) is 6.42 Å². The van der Waals surface area contributed by atoms with E-state index in [4.69, 9.17) is 11.6 Å². The molecule has 1 atom stereocenters. The molecule has 0 aliphatic carbocycles. The van der Waals surface area contributed by atoms with Crippen molar-refractivity contribution in [1.82, 2.24) is 5.32 Å². The Labute approximate surface area is 132 Å². The second kappa shape index (κ2) is 7.21. The molecule has 0 heterocycles. The van der Waals surface area contributed by atoms with Crippen molar-refractivity contribution in [3.8, 4) is 0 Å². The number of rotatable bonds is 5. The van der Waals surface area contributed by atoms with E-state index >= 15 is 0 Å². The summed E-state index contributed by atoms with van der Waals surface area (Å²) in [7, 11) is 0. The van der Waals surface area contributed by atoms with Gasteiger partial charge in [-0.05, 0) is 42.8 Å². The summed E-state index contributed by atoms with van der Waals surface area (Å²) in [6.07, 6.45) is 0.713. The maximum Gasteiger partial charge on any atom is 0.129 e. The molecule has 1 N–H and O–H groups in total. The van der Waals surface area contributed by atoms with Gasteiger partial charge < -0.3 is 5.32 Å². The molecule has 0 aliphatic heterocycles. The molecule has 0 spiro atoms. The fraction of sp³-hybridized carbons (Fsp3) is 0.250. The van der Waals surface area contributed by atoms with Crippen LogP contribution < -0.4 is 5.32 Å². The lowest BCUT2D eigenvalue weighted by molar-refractivity contribution is 0.508. The van der Waals surface area contributed by atoms with Gasteiger partial charge in [-0.15, -0.1) is 0 Å². The van der Waals surface area contributed by atoms with Crippen LogP contribution in [0.5, 0.6) is 0 Å². The van der Waals surface area contributed by atoms with Gasteiger partial charge in [-0.25, -0.2) is 4.39 Å². The van der Waals surface area contributed by atoms with Crippen LogP contribution in [0.25, 0.3) is 0 Å². The van der Waals surface area contributed by atoms with Crippen LogP contribution in [0.15, 0.2) is 46.9 Å². The first-order valence-corrected chi connectivity index (χ1v) is 7.70. The first-order valence-electron chi connectivity index (χ1n) is 6.53. The fourth-order valence-electron chi connectivity index (χ4n) is 2.22. The summed E-state index contributed by atoms with van der Waals surface area (Å²) in [6, 6.07) is 12.7. The molecule has 0 saturated heterocycles. The first-order chi connectivity index (χ1) is 9.61. The smallest absolute Gasteiger partial charge is 0.129 e. The average molecular weight is 357 g/mol. The van der Waals surface area contributed by atoms with Crippen LogP contribution in [0.2, 0.25) is 5.02 Å². The van der Waals surface area contributed by atoms with Gasteiger partial charge in [0.15, 0.2) is 0 Å². The van der Waals surface area contributed by atoms with Gasteiger partial charge in [-0.3, -0.25) is 0 Å². The lowest BCUT2D eigenvalue weighted by Gasteiger charge is -2.20. The maximum absolute atomic E-state index is 14.1. The normalized spacial score (nSPS) is 12.4. The Morgan fingerprint density at radius 1 is 1.20 bits per heavy atom. The van der Waals surface area contributed by atoms with Gasteiger partial charge in [0, 0.05) is 21.1 Å². The lowest BCUT2D eigenvalue weighted by Crippen LogP contribution is -2.24. The van der Waals surface area contributed by atoms with Crippen LogP contribution in [0.4, 0.5) is 4.39 Å². The Morgan fingerprint density at radius 3 is 2.50 bits per heavy atom. The highest BCUT2D eigenvalue weighted by Gasteiger charge is 2.18. The molecular weight excluding hydrogens is 341 g/mol. The van der Waals surface area contributed by atoms with E-state index in [-0.39, 0.29) is 11.9 Å². The number of hydrogen-bond donors (Lipinski definition) is 1. The van der Waals surface area contributed by atoms with Gasteiger partial charge in [0.1, 0.15) is 5.82 Å². The summed E-state index contributed by atoms with van der Waals surface area (Å²) in [6.45, 7) is 2.79. The molecule has 1 unspecified atom stereocenters. The summed E-state index contributed by atoms with van der Waals surface area (Å²) in [5.74, 6) is -0.195. The Hall–Kier alpha value is -0.900. The van der Waals surface area contributed by atoms with Crippen LogP contribution in [-0.4, -0.2) is 6.54 Å². The second-order valence-corrected chi connectivity index (χ2v) is 5.87. The number of halogens is 3. The first kappa shape index (κ1) is 15.5. The molecule has 2 aromatic carbocycles. The van der Waals surface area contributed by atoms with Crippen molar-refractivity contribution in [3.05, 3.63) is 68.9 Å². The molecule has 106 valence electrons. The molecule has 0 bridgehead atoms. The fourth-order valence-corrected chi connectivity index (χ4v) is 2.97. The van der Waals surface area contributed by atoms with Crippen LogP contribution >= 0.6 is 27.5 Å². The van der Waals surface area contributed by atoms with Crippen molar-refractivity contribution in [1.29, 1.82) is 0 Å².